The smallest absolute Gasteiger partial charge is 0.416 e. The summed E-state index contributed by atoms with van der Waals surface area (Å²) in [6.45, 7) is 4.06. The van der Waals surface area contributed by atoms with Gasteiger partial charge in [-0.1, -0.05) is 46.0 Å². The van der Waals surface area contributed by atoms with Gasteiger partial charge in [0.2, 0.25) is 5.91 Å². The van der Waals surface area contributed by atoms with Crippen LogP contribution in [0.2, 0.25) is 0 Å². The Bertz CT molecular complexity index is 456. The molecule has 2 atom stereocenters. The Kier molecular flexibility index (Phi) is 6.02. The quantitative estimate of drug-likeness (QED) is 0.811. The summed E-state index contributed by atoms with van der Waals surface area (Å²) in [5, 5.41) is 9.16. The van der Waals surface area contributed by atoms with Crippen molar-refractivity contribution in [3.63, 3.8) is 0 Å². The number of carbonyl (C=O) groups is 3. The highest BCUT2D eigenvalue weighted by Gasteiger charge is 2.43. The van der Waals surface area contributed by atoms with Crippen LogP contribution in [-0.4, -0.2) is 40.6 Å². The molecule has 1 heterocycles. The van der Waals surface area contributed by atoms with E-state index in [1.807, 2.05) is 13.8 Å². The molecule has 0 radical (unpaired) electrons. The second-order valence-corrected chi connectivity index (χ2v) is 7.13. The lowest BCUT2D eigenvalue weighted by Gasteiger charge is -2.29. The van der Waals surface area contributed by atoms with Crippen LogP contribution in [0.25, 0.3) is 0 Å². The van der Waals surface area contributed by atoms with Crippen molar-refractivity contribution in [2.45, 2.75) is 64.8 Å². The molecule has 2 amide bonds. The van der Waals surface area contributed by atoms with Crippen LogP contribution >= 0.6 is 0 Å². The standard InChI is InChI=1S/C17H27NO5/c1-11(2)14-10-23-17(22)18(14)16(21)13(9-15(19)20)8-12-6-4-3-5-7-12/h11-14H,3-10H2,1-2H3,(H,19,20). The lowest BCUT2D eigenvalue weighted by atomic mass is 9.81. The molecule has 0 aromatic rings. The van der Waals surface area contributed by atoms with Crippen molar-refractivity contribution in [3.05, 3.63) is 0 Å². The topological polar surface area (TPSA) is 83.9 Å². The zero-order valence-electron chi connectivity index (χ0n) is 14.0. The van der Waals surface area contributed by atoms with Crippen molar-refractivity contribution in [1.29, 1.82) is 0 Å². The molecule has 0 aromatic heterocycles. The first-order valence-corrected chi connectivity index (χ1v) is 8.61. The van der Waals surface area contributed by atoms with Crippen molar-refractivity contribution >= 4 is 18.0 Å². The van der Waals surface area contributed by atoms with Gasteiger partial charge in [0.05, 0.1) is 12.5 Å². The highest BCUT2D eigenvalue weighted by molar-refractivity contribution is 5.96. The highest BCUT2D eigenvalue weighted by atomic mass is 16.6. The second kappa shape index (κ2) is 7.79. The van der Waals surface area contributed by atoms with E-state index in [1.165, 1.54) is 11.3 Å². The number of hydrogen-bond acceptors (Lipinski definition) is 4. The normalized spacial score (nSPS) is 23.9. The lowest BCUT2D eigenvalue weighted by Crippen LogP contribution is -2.45. The Morgan fingerprint density at radius 3 is 2.48 bits per heavy atom. The number of cyclic esters (lactones) is 1. The molecule has 0 bridgehead atoms. The molecule has 2 fully saturated rings. The number of ether oxygens (including phenoxy) is 1. The van der Waals surface area contributed by atoms with Gasteiger partial charge in [0, 0.05) is 5.92 Å². The first-order valence-electron chi connectivity index (χ1n) is 8.61. The maximum atomic E-state index is 12.8. The number of imide groups is 1. The number of nitrogens with zero attached hydrogens (tertiary/aromatic N) is 1. The molecule has 6 heteroatoms. The summed E-state index contributed by atoms with van der Waals surface area (Å²) in [6.07, 6.45) is 5.28. The minimum absolute atomic E-state index is 0.0885. The molecule has 1 aliphatic heterocycles. The zero-order valence-corrected chi connectivity index (χ0v) is 14.0. The molecule has 2 rings (SSSR count). The summed E-state index contributed by atoms with van der Waals surface area (Å²) >= 11 is 0. The monoisotopic (exact) mass is 325 g/mol. The van der Waals surface area contributed by atoms with E-state index < -0.39 is 18.0 Å². The highest BCUT2D eigenvalue weighted by Crippen LogP contribution is 2.32. The van der Waals surface area contributed by atoms with Crippen molar-refractivity contribution in [3.8, 4) is 0 Å². The van der Waals surface area contributed by atoms with Crippen molar-refractivity contribution < 1.29 is 24.2 Å². The molecule has 0 spiro atoms. The number of amides is 2. The molecule has 6 nitrogen and oxygen atoms in total. The third kappa shape index (κ3) is 4.45. The third-order valence-electron chi connectivity index (χ3n) is 5.03. The first-order chi connectivity index (χ1) is 10.9. The predicted molar refractivity (Wildman–Crippen MR) is 83.8 cm³/mol. The van der Waals surface area contributed by atoms with E-state index >= 15 is 0 Å². The Morgan fingerprint density at radius 2 is 1.91 bits per heavy atom. The largest absolute Gasteiger partial charge is 0.481 e. The minimum Gasteiger partial charge on any atom is -0.481 e. The molecule has 1 aliphatic carbocycles. The van der Waals surface area contributed by atoms with Gasteiger partial charge in [0.1, 0.15) is 6.61 Å². The molecule has 0 aromatic carbocycles. The Morgan fingerprint density at radius 1 is 1.26 bits per heavy atom. The summed E-state index contributed by atoms with van der Waals surface area (Å²) in [6, 6.07) is -0.294. The fourth-order valence-electron chi connectivity index (χ4n) is 3.68. The van der Waals surface area contributed by atoms with E-state index in [0.717, 1.165) is 25.7 Å². The third-order valence-corrected chi connectivity index (χ3v) is 5.03. The van der Waals surface area contributed by atoms with Gasteiger partial charge in [-0.15, -0.1) is 0 Å². The van der Waals surface area contributed by atoms with Gasteiger partial charge in [-0.2, -0.15) is 0 Å². The van der Waals surface area contributed by atoms with E-state index in [4.69, 9.17) is 9.84 Å². The van der Waals surface area contributed by atoms with Crippen molar-refractivity contribution in [1.82, 2.24) is 4.90 Å². The van der Waals surface area contributed by atoms with Crippen LogP contribution in [0.1, 0.15) is 58.8 Å². The molecule has 1 saturated heterocycles. The Hall–Kier alpha value is -1.59. The van der Waals surface area contributed by atoms with E-state index in [1.54, 1.807) is 0 Å². The van der Waals surface area contributed by atoms with Crippen molar-refractivity contribution in [2.75, 3.05) is 6.61 Å². The number of carbonyl (C=O) groups excluding carboxylic acids is 2. The van der Waals surface area contributed by atoms with Crippen LogP contribution in [0.5, 0.6) is 0 Å². The van der Waals surface area contributed by atoms with Gasteiger partial charge in [0.25, 0.3) is 0 Å². The van der Waals surface area contributed by atoms with Crippen LogP contribution in [0.3, 0.4) is 0 Å². The average molecular weight is 325 g/mol. The van der Waals surface area contributed by atoms with E-state index in [2.05, 4.69) is 0 Å². The first kappa shape index (κ1) is 17.8. The van der Waals surface area contributed by atoms with Crippen molar-refractivity contribution in [2.24, 2.45) is 17.8 Å². The molecular weight excluding hydrogens is 298 g/mol. The van der Waals surface area contributed by atoms with Crippen LogP contribution < -0.4 is 0 Å². The number of rotatable bonds is 6. The fourth-order valence-corrected chi connectivity index (χ4v) is 3.68. The van der Waals surface area contributed by atoms with Crippen LogP contribution in [-0.2, 0) is 14.3 Å². The van der Waals surface area contributed by atoms with Crippen LogP contribution in [0.15, 0.2) is 0 Å². The number of aliphatic carboxylic acids is 1. The summed E-state index contributed by atoms with van der Waals surface area (Å²) in [7, 11) is 0. The second-order valence-electron chi connectivity index (χ2n) is 7.13. The maximum Gasteiger partial charge on any atom is 0.416 e. The summed E-state index contributed by atoms with van der Waals surface area (Å²) in [4.78, 5) is 37.1. The lowest BCUT2D eigenvalue weighted by molar-refractivity contribution is -0.144. The number of carboxylic acid groups (broad SMARTS) is 1. The molecule has 2 aliphatic rings. The van der Waals surface area contributed by atoms with Gasteiger partial charge < -0.3 is 9.84 Å². The summed E-state index contributed by atoms with van der Waals surface area (Å²) in [5.74, 6) is -1.53. The van der Waals surface area contributed by atoms with E-state index in [-0.39, 0.29) is 30.9 Å². The average Bonchev–Trinajstić information content (AvgIpc) is 2.88. The molecular formula is C17H27NO5. The van der Waals surface area contributed by atoms with Crippen LogP contribution in [0, 0.1) is 17.8 Å². The minimum atomic E-state index is -0.993. The van der Waals surface area contributed by atoms with Gasteiger partial charge in [-0.25, -0.2) is 9.69 Å². The summed E-state index contributed by atoms with van der Waals surface area (Å²) < 4.78 is 5.02. The zero-order chi connectivity index (χ0) is 17.0. The molecule has 130 valence electrons. The Labute approximate surface area is 137 Å². The van der Waals surface area contributed by atoms with Crippen LogP contribution in [0.4, 0.5) is 4.79 Å². The molecule has 1 N–H and O–H groups in total. The number of carboxylic acids is 1. The molecule has 2 unspecified atom stereocenters. The predicted octanol–water partition coefficient (Wildman–Crippen LogP) is 3.05. The fraction of sp³-hybridized carbons (Fsp3) is 0.824. The molecule has 1 saturated carbocycles. The molecule has 23 heavy (non-hydrogen) atoms. The maximum absolute atomic E-state index is 12.8. The van der Waals surface area contributed by atoms with E-state index in [0.29, 0.717) is 12.3 Å². The van der Waals surface area contributed by atoms with Gasteiger partial charge in [0.15, 0.2) is 0 Å². The van der Waals surface area contributed by atoms with Gasteiger partial charge >= 0.3 is 12.1 Å². The SMILES string of the molecule is CC(C)C1COC(=O)N1C(=O)C(CC(=O)O)CC1CCCCC1. The van der Waals surface area contributed by atoms with Gasteiger partial charge in [-0.3, -0.25) is 9.59 Å². The Balaban J connectivity index is 2.11. The van der Waals surface area contributed by atoms with Gasteiger partial charge in [-0.05, 0) is 18.3 Å². The number of hydrogen-bond donors (Lipinski definition) is 1. The van der Waals surface area contributed by atoms with E-state index in [9.17, 15) is 14.4 Å². The summed E-state index contributed by atoms with van der Waals surface area (Å²) in [5.41, 5.74) is 0.